The van der Waals surface area contributed by atoms with Gasteiger partial charge in [-0.25, -0.2) is 9.37 Å². The monoisotopic (exact) mass is 516 g/mol. The van der Waals surface area contributed by atoms with Crippen LogP contribution in [0.25, 0.3) is 16.9 Å². The average Bonchev–Trinajstić information content (AvgIpc) is 3.35. The number of nitrogens with zero attached hydrogens (tertiary/aromatic N) is 3. The summed E-state index contributed by atoms with van der Waals surface area (Å²) in [4.78, 5) is 32.4. The lowest BCUT2D eigenvalue weighted by molar-refractivity contribution is -0.117. The first kappa shape index (κ1) is 26.6. The number of carbonyl (C=O) groups excluding carboxylic acids is 2. The molecule has 9 heteroatoms. The average molecular weight is 517 g/mol. The molecule has 0 unspecified atom stereocenters. The Bertz CT molecular complexity index is 1380. The van der Waals surface area contributed by atoms with E-state index in [2.05, 4.69) is 10.3 Å². The molecule has 38 heavy (non-hydrogen) atoms. The number of ether oxygens (including phenoxy) is 2. The van der Waals surface area contributed by atoms with Crippen molar-refractivity contribution < 1.29 is 23.5 Å². The summed E-state index contributed by atoms with van der Waals surface area (Å²) in [5.41, 5.74) is 3.52. The number of anilines is 1. The lowest BCUT2D eigenvalue weighted by Gasteiger charge is -2.22. The normalized spacial score (nSPS) is 10.7. The van der Waals surface area contributed by atoms with Crippen molar-refractivity contribution in [3.63, 3.8) is 0 Å². The summed E-state index contributed by atoms with van der Waals surface area (Å²) in [7, 11) is 3.13. The molecule has 4 aromatic rings. The van der Waals surface area contributed by atoms with Crippen LogP contribution in [0.5, 0.6) is 5.75 Å². The Morgan fingerprint density at radius 1 is 0.974 bits per heavy atom. The Morgan fingerprint density at radius 2 is 1.66 bits per heavy atom. The van der Waals surface area contributed by atoms with Crippen LogP contribution in [0.4, 0.5) is 10.3 Å². The second-order valence-electron chi connectivity index (χ2n) is 8.66. The molecular weight excluding hydrogens is 487 g/mol. The summed E-state index contributed by atoms with van der Waals surface area (Å²) in [6, 6.07) is 20.4. The number of aromatic nitrogens is 2. The fraction of sp³-hybridized carbons (Fsp3) is 0.207. The van der Waals surface area contributed by atoms with E-state index in [9.17, 15) is 14.0 Å². The second-order valence-corrected chi connectivity index (χ2v) is 8.66. The number of amides is 2. The summed E-state index contributed by atoms with van der Waals surface area (Å²) in [6.45, 7) is 2.24. The van der Waals surface area contributed by atoms with Crippen LogP contribution >= 0.6 is 0 Å². The van der Waals surface area contributed by atoms with Crippen LogP contribution < -0.4 is 10.1 Å². The van der Waals surface area contributed by atoms with Gasteiger partial charge in [0, 0.05) is 36.7 Å². The molecule has 0 aliphatic heterocycles. The number of rotatable bonds is 10. The molecule has 0 fully saturated rings. The predicted octanol–water partition coefficient (Wildman–Crippen LogP) is 4.72. The fourth-order valence-corrected chi connectivity index (χ4v) is 3.84. The van der Waals surface area contributed by atoms with Gasteiger partial charge in [0.05, 0.1) is 19.4 Å². The number of benzene rings is 3. The van der Waals surface area contributed by atoms with E-state index in [-0.39, 0.29) is 37.4 Å². The third-order valence-electron chi connectivity index (χ3n) is 5.93. The molecule has 3 aromatic carbocycles. The molecule has 0 saturated carbocycles. The smallest absolute Gasteiger partial charge is 0.254 e. The van der Waals surface area contributed by atoms with Crippen molar-refractivity contribution in [3.05, 3.63) is 95.9 Å². The van der Waals surface area contributed by atoms with Crippen molar-refractivity contribution in [2.75, 3.05) is 39.2 Å². The summed E-state index contributed by atoms with van der Waals surface area (Å²) < 4.78 is 25.6. The van der Waals surface area contributed by atoms with Crippen molar-refractivity contribution in [1.82, 2.24) is 14.5 Å². The molecule has 196 valence electrons. The minimum Gasteiger partial charge on any atom is -0.497 e. The first-order chi connectivity index (χ1) is 18.4. The van der Waals surface area contributed by atoms with Gasteiger partial charge in [-0.15, -0.1) is 0 Å². The van der Waals surface area contributed by atoms with Crippen molar-refractivity contribution in [1.29, 1.82) is 0 Å². The molecule has 1 aromatic heterocycles. The van der Waals surface area contributed by atoms with Gasteiger partial charge in [-0.1, -0.05) is 17.7 Å². The highest BCUT2D eigenvalue weighted by atomic mass is 19.1. The SMILES string of the molecule is COCCN(CC(=O)Nc1nc(-c2ccc(OC)cc2)cn1-c1ccc(F)cc1)C(=O)c1ccc(C)cc1. The fourth-order valence-electron chi connectivity index (χ4n) is 3.84. The zero-order chi connectivity index (χ0) is 27.1. The number of carbonyl (C=O) groups is 2. The van der Waals surface area contributed by atoms with E-state index >= 15 is 0 Å². The van der Waals surface area contributed by atoms with Crippen LogP contribution in [0.15, 0.2) is 79.0 Å². The van der Waals surface area contributed by atoms with Gasteiger partial charge in [0.25, 0.3) is 5.91 Å². The lowest BCUT2D eigenvalue weighted by Crippen LogP contribution is -2.40. The third-order valence-corrected chi connectivity index (χ3v) is 5.93. The molecule has 8 nitrogen and oxygen atoms in total. The first-order valence-corrected chi connectivity index (χ1v) is 12.0. The van der Waals surface area contributed by atoms with Gasteiger partial charge < -0.3 is 14.4 Å². The van der Waals surface area contributed by atoms with Gasteiger partial charge >= 0.3 is 0 Å². The van der Waals surface area contributed by atoms with Crippen LogP contribution in [0, 0.1) is 12.7 Å². The molecule has 1 heterocycles. The number of imidazole rings is 1. The minimum absolute atomic E-state index is 0.204. The molecule has 0 radical (unpaired) electrons. The summed E-state index contributed by atoms with van der Waals surface area (Å²) in [5, 5.41) is 2.82. The number of halogens is 1. The molecule has 0 aliphatic carbocycles. The number of nitrogens with one attached hydrogen (secondary N) is 1. The molecule has 0 bridgehead atoms. The maximum absolute atomic E-state index is 13.6. The van der Waals surface area contributed by atoms with Gasteiger partial charge in [0.1, 0.15) is 18.1 Å². The summed E-state index contributed by atoms with van der Waals surface area (Å²) >= 11 is 0. The highest BCUT2D eigenvalue weighted by Gasteiger charge is 2.21. The topological polar surface area (TPSA) is 85.7 Å². The maximum Gasteiger partial charge on any atom is 0.254 e. The Kier molecular flexibility index (Phi) is 8.50. The third kappa shape index (κ3) is 6.43. The summed E-state index contributed by atoms with van der Waals surface area (Å²) in [6.07, 6.45) is 1.75. The Balaban J connectivity index is 1.60. The molecule has 1 N–H and O–H groups in total. The van der Waals surface area contributed by atoms with E-state index in [1.165, 1.54) is 24.1 Å². The Hall–Kier alpha value is -4.50. The van der Waals surface area contributed by atoms with E-state index in [0.717, 1.165) is 11.1 Å². The van der Waals surface area contributed by atoms with Crippen molar-refractivity contribution in [2.24, 2.45) is 0 Å². The number of hydrogen-bond acceptors (Lipinski definition) is 5. The largest absolute Gasteiger partial charge is 0.497 e. The minimum atomic E-state index is -0.434. The highest BCUT2D eigenvalue weighted by Crippen LogP contribution is 2.26. The molecule has 4 rings (SSSR count). The molecule has 2 amide bonds. The number of aryl methyl sites for hydroxylation is 1. The van der Waals surface area contributed by atoms with Crippen molar-refractivity contribution >= 4 is 17.8 Å². The zero-order valence-electron chi connectivity index (χ0n) is 21.5. The van der Waals surface area contributed by atoms with E-state index in [0.29, 0.717) is 22.7 Å². The van der Waals surface area contributed by atoms with Gasteiger partial charge in [-0.3, -0.25) is 19.5 Å². The quantitative estimate of drug-likeness (QED) is 0.330. The number of hydrogen-bond donors (Lipinski definition) is 1. The Labute approximate surface area is 220 Å². The molecule has 0 atom stereocenters. The van der Waals surface area contributed by atoms with Gasteiger partial charge in [-0.05, 0) is 67.6 Å². The van der Waals surface area contributed by atoms with E-state index < -0.39 is 5.91 Å². The number of methoxy groups -OCH3 is 2. The van der Waals surface area contributed by atoms with Gasteiger partial charge in [0.2, 0.25) is 11.9 Å². The standard InChI is InChI=1S/C29H29FN4O4/c1-20-4-6-22(7-5-20)28(36)33(16-17-37-2)19-27(35)32-29-31-26(21-8-14-25(38-3)15-9-21)18-34(29)24-12-10-23(30)11-13-24/h4-15,18H,16-17,19H2,1-3H3,(H,31,32,35). The second kappa shape index (κ2) is 12.2. The van der Waals surface area contributed by atoms with Crippen molar-refractivity contribution in [2.45, 2.75) is 6.92 Å². The van der Waals surface area contributed by atoms with Gasteiger partial charge in [-0.2, -0.15) is 0 Å². The van der Waals surface area contributed by atoms with Crippen LogP contribution in [-0.4, -0.2) is 60.2 Å². The van der Waals surface area contributed by atoms with E-state index in [4.69, 9.17) is 9.47 Å². The van der Waals surface area contributed by atoms with E-state index in [1.807, 2.05) is 43.3 Å². The summed E-state index contributed by atoms with van der Waals surface area (Å²) in [5.74, 6) is -0.149. The Morgan fingerprint density at radius 3 is 2.29 bits per heavy atom. The zero-order valence-corrected chi connectivity index (χ0v) is 21.5. The van der Waals surface area contributed by atoms with Crippen LogP contribution in [-0.2, 0) is 9.53 Å². The predicted molar refractivity (Wildman–Crippen MR) is 143 cm³/mol. The van der Waals surface area contributed by atoms with Crippen LogP contribution in [0.1, 0.15) is 15.9 Å². The molecule has 0 saturated heterocycles. The highest BCUT2D eigenvalue weighted by molar-refractivity contribution is 5.99. The van der Waals surface area contributed by atoms with Crippen LogP contribution in [0.3, 0.4) is 0 Å². The maximum atomic E-state index is 13.6. The van der Waals surface area contributed by atoms with E-state index in [1.54, 1.807) is 42.1 Å². The lowest BCUT2D eigenvalue weighted by atomic mass is 10.1. The van der Waals surface area contributed by atoms with Crippen molar-refractivity contribution in [3.8, 4) is 22.7 Å². The first-order valence-electron chi connectivity index (χ1n) is 12.0. The van der Waals surface area contributed by atoms with Gasteiger partial charge in [0.15, 0.2) is 0 Å². The molecular formula is C29H29FN4O4. The van der Waals surface area contributed by atoms with Crippen LogP contribution in [0.2, 0.25) is 0 Å². The molecule has 0 aliphatic rings. The molecule has 0 spiro atoms.